The molecule has 2 N–H and O–H groups in total. The fourth-order valence-corrected chi connectivity index (χ4v) is 2.27. The number of furan rings is 1. The van der Waals surface area contributed by atoms with Crippen molar-refractivity contribution in [2.45, 2.75) is 25.7 Å². The van der Waals surface area contributed by atoms with Crippen molar-refractivity contribution >= 4 is 11.9 Å². The molecule has 23 heavy (non-hydrogen) atoms. The standard InChI is InChI=1S/C16H15NO6/c1-9-14(23-12-5-3-2-4-11(12)21-9)15(18)17-8-10-6-7-13(22-10)16(19)20/h2-7,9,14H,8H2,1H3,(H,17,18)(H,19,20)/t9-,14+/m1/s1. The fraction of sp³-hybridized carbons (Fsp3) is 0.250. The summed E-state index contributed by atoms with van der Waals surface area (Å²) in [6.07, 6.45) is -1.24. The van der Waals surface area contributed by atoms with E-state index in [1.807, 2.05) is 6.07 Å². The van der Waals surface area contributed by atoms with Crippen molar-refractivity contribution in [1.82, 2.24) is 5.32 Å². The predicted octanol–water partition coefficient (Wildman–Crippen LogP) is 1.82. The van der Waals surface area contributed by atoms with Crippen LogP contribution in [-0.2, 0) is 11.3 Å². The Kier molecular flexibility index (Phi) is 3.92. The Morgan fingerprint density at radius 3 is 2.48 bits per heavy atom. The lowest BCUT2D eigenvalue weighted by atomic mass is 10.1. The summed E-state index contributed by atoms with van der Waals surface area (Å²) in [7, 11) is 0. The van der Waals surface area contributed by atoms with Crippen molar-refractivity contribution in [3.63, 3.8) is 0 Å². The first-order valence-corrected chi connectivity index (χ1v) is 7.06. The van der Waals surface area contributed by atoms with E-state index in [0.717, 1.165) is 0 Å². The second-order valence-electron chi connectivity index (χ2n) is 5.10. The number of carboxylic acid groups (broad SMARTS) is 1. The number of fused-ring (bicyclic) bond motifs is 1. The Morgan fingerprint density at radius 1 is 1.13 bits per heavy atom. The molecule has 2 atom stereocenters. The number of hydrogen-bond donors (Lipinski definition) is 2. The molecule has 0 fully saturated rings. The summed E-state index contributed by atoms with van der Waals surface area (Å²) in [6, 6.07) is 9.96. The molecular weight excluding hydrogens is 302 g/mol. The Bertz CT molecular complexity index is 738. The number of carbonyl (C=O) groups excluding carboxylic acids is 1. The monoisotopic (exact) mass is 317 g/mol. The maximum atomic E-state index is 12.3. The van der Waals surface area contributed by atoms with Crippen LogP contribution in [-0.4, -0.2) is 29.2 Å². The maximum absolute atomic E-state index is 12.3. The van der Waals surface area contributed by atoms with Crippen LogP contribution in [0.25, 0.3) is 0 Å². The molecule has 2 heterocycles. The summed E-state index contributed by atoms with van der Waals surface area (Å²) >= 11 is 0. The number of nitrogens with one attached hydrogen (secondary N) is 1. The van der Waals surface area contributed by atoms with E-state index in [1.165, 1.54) is 12.1 Å². The molecule has 2 aromatic rings. The first kappa shape index (κ1) is 15.0. The molecule has 1 amide bonds. The molecule has 7 heteroatoms. The lowest BCUT2D eigenvalue weighted by Gasteiger charge is -2.30. The second kappa shape index (κ2) is 6.04. The van der Waals surface area contributed by atoms with Crippen LogP contribution < -0.4 is 14.8 Å². The van der Waals surface area contributed by atoms with E-state index in [0.29, 0.717) is 17.3 Å². The zero-order chi connectivity index (χ0) is 16.4. The molecule has 0 spiro atoms. The van der Waals surface area contributed by atoms with E-state index in [9.17, 15) is 9.59 Å². The molecule has 120 valence electrons. The maximum Gasteiger partial charge on any atom is 0.371 e. The lowest BCUT2D eigenvalue weighted by Crippen LogP contribution is -2.48. The number of amides is 1. The topological polar surface area (TPSA) is 98.0 Å². The lowest BCUT2D eigenvalue weighted by molar-refractivity contribution is -0.133. The second-order valence-corrected chi connectivity index (χ2v) is 5.10. The molecule has 0 unspecified atom stereocenters. The van der Waals surface area contributed by atoms with E-state index < -0.39 is 18.2 Å². The van der Waals surface area contributed by atoms with Crippen molar-refractivity contribution in [3.05, 3.63) is 47.9 Å². The zero-order valence-corrected chi connectivity index (χ0v) is 12.3. The molecule has 1 aromatic carbocycles. The number of rotatable bonds is 4. The highest BCUT2D eigenvalue weighted by atomic mass is 16.6. The molecular formula is C16H15NO6. The molecule has 0 aliphatic carbocycles. The highest BCUT2D eigenvalue weighted by Crippen LogP contribution is 2.33. The van der Waals surface area contributed by atoms with Gasteiger partial charge in [-0.2, -0.15) is 0 Å². The van der Waals surface area contributed by atoms with Gasteiger partial charge in [-0.05, 0) is 31.2 Å². The molecule has 0 saturated heterocycles. The van der Waals surface area contributed by atoms with Crippen LogP contribution in [0, 0.1) is 0 Å². The molecule has 0 saturated carbocycles. The molecule has 3 rings (SSSR count). The SMILES string of the molecule is C[C@H]1Oc2ccccc2O[C@@H]1C(=O)NCc1ccc(C(=O)O)o1. The van der Waals surface area contributed by atoms with E-state index >= 15 is 0 Å². The van der Waals surface area contributed by atoms with Gasteiger partial charge in [0.1, 0.15) is 11.9 Å². The summed E-state index contributed by atoms with van der Waals surface area (Å²) < 4.78 is 16.4. The van der Waals surface area contributed by atoms with Gasteiger partial charge in [0.25, 0.3) is 5.91 Å². The van der Waals surface area contributed by atoms with E-state index in [2.05, 4.69) is 5.32 Å². The van der Waals surface area contributed by atoms with E-state index in [1.54, 1.807) is 25.1 Å². The Hall–Kier alpha value is -2.96. The van der Waals surface area contributed by atoms with Gasteiger partial charge >= 0.3 is 5.97 Å². The number of ether oxygens (including phenoxy) is 2. The third-order valence-electron chi connectivity index (χ3n) is 3.41. The zero-order valence-electron chi connectivity index (χ0n) is 12.3. The molecule has 7 nitrogen and oxygen atoms in total. The number of carbonyl (C=O) groups is 2. The minimum Gasteiger partial charge on any atom is -0.482 e. The Morgan fingerprint density at radius 2 is 1.83 bits per heavy atom. The van der Waals surface area contributed by atoms with Crippen LogP contribution in [0.5, 0.6) is 11.5 Å². The molecule has 0 bridgehead atoms. The van der Waals surface area contributed by atoms with Crippen LogP contribution in [0.15, 0.2) is 40.8 Å². The number of para-hydroxylation sites is 2. The smallest absolute Gasteiger partial charge is 0.371 e. The highest BCUT2D eigenvalue weighted by molar-refractivity contribution is 5.84. The van der Waals surface area contributed by atoms with Crippen molar-refractivity contribution in [3.8, 4) is 11.5 Å². The van der Waals surface area contributed by atoms with Crippen molar-refractivity contribution in [2.75, 3.05) is 0 Å². The number of carboxylic acids is 1. The van der Waals surface area contributed by atoms with E-state index in [4.69, 9.17) is 19.0 Å². The van der Waals surface area contributed by atoms with Gasteiger partial charge in [-0.3, -0.25) is 4.79 Å². The molecule has 1 aliphatic rings. The minimum absolute atomic E-state index is 0.0698. The normalized spacial score (nSPS) is 19.2. The first-order valence-electron chi connectivity index (χ1n) is 7.06. The van der Waals surface area contributed by atoms with Gasteiger partial charge in [-0.15, -0.1) is 0 Å². The van der Waals surface area contributed by atoms with Gasteiger partial charge < -0.3 is 24.3 Å². The van der Waals surface area contributed by atoms with Crippen LogP contribution in [0.1, 0.15) is 23.2 Å². The van der Waals surface area contributed by atoms with E-state index in [-0.39, 0.29) is 18.2 Å². The van der Waals surface area contributed by atoms with Gasteiger partial charge in [0.05, 0.1) is 6.54 Å². The number of aromatic carboxylic acids is 1. The summed E-state index contributed by atoms with van der Waals surface area (Å²) in [5.74, 6) is -0.232. The summed E-state index contributed by atoms with van der Waals surface area (Å²) in [4.78, 5) is 23.0. The van der Waals surface area contributed by atoms with Crippen LogP contribution in [0.2, 0.25) is 0 Å². The molecule has 0 radical (unpaired) electrons. The number of benzene rings is 1. The van der Waals surface area contributed by atoms with Crippen molar-refractivity contribution < 1.29 is 28.6 Å². The first-order chi connectivity index (χ1) is 11.0. The van der Waals surface area contributed by atoms with Gasteiger partial charge in [0.2, 0.25) is 11.9 Å². The number of hydrogen-bond acceptors (Lipinski definition) is 5. The summed E-state index contributed by atoms with van der Waals surface area (Å²) in [6.45, 7) is 1.82. The fourth-order valence-electron chi connectivity index (χ4n) is 2.27. The Balaban J connectivity index is 1.63. The quantitative estimate of drug-likeness (QED) is 0.892. The molecule has 1 aliphatic heterocycles. The average Bonchev–Trinajstić information content (AvgIpc) is 3.01. The van der Waals surface area contributed by atoms with Crippen molar-refractivity contribution in [1.29, 1.82) is 0 Å². The predicted molar refractivity (Wildman–Crippen MR) is 78.5 cm³/mol. The third kappa shape index (κ3) is 3.13. The van der Waals surface area contributed by atoms with Gasteiger partial charge in [0, 0.05) is 0 Å². The van der Waals surface area contributed by atoms with Crippen LogP contribution >= 0.6 is 0 Å². The minimum atomic E-state index is -1.16. The Labute approximate surface area is 131 Å². The largest absolute Gasteiger partial charge is 0.482 e. The van der Waals surface area contributed by atoms with Gasteiger partial charge in [-0.1, -0.05) is 12.1 Å². The highest BCUT2D eigenvalue weighted by Gasteiger charge is 2.33. The van der Waals surface area contributed by atoms with Crippen molar-refractivity contribution in [2.24, 2.45) is 0 Å². The van der Waals surface area contributed by atoms with Gasteiger partial charge in [0.15, 0.2) is 11.5 Å². The van der Waals surface area contributed by atoms with Gasteiger partial charge in [-0.25, -0.2) is 4.79 Å². The van der Waals surface area contributed by atoms with Crippen LogP contribution in [0.3, 0.4) is 0 Å². The molecule has 1 aromatic heterocycles. The summed E-state index contributed by atoms with van der Waals surface area (Å²) in [5, 5.41) is 11.4. The summed E-state index contributed by atoms with van der Waals surface area (Å²) in [5.41, 5.74) is 0. The van der Waals surface area contributed by atoms with Crippen LogP contribution in [0.4, 0.5) is 0 Å². The average molecular weight is 317 g/mol. The third-order valence-corrected chi connectivity index (χ3v) is 3.41.